The summed E-state index contributed by atoms with van der Waals surface area (Å²) in [5, 5.41) is 6.51. The highest BCUT2D eigenvalue weighted by molar-refractivity contribution is 6.15. The molecule has 1 aliphatic rings. The normalized spacial score (nSPS) is 12.4. The summed E-state index contributed by atoms with van der Waals surface area (Å²) in [5.74, 6) is 2.31. The molecule has 7 heteroatoms. The van der Waals surface area contributed by atoms with Crippen molar-refractivity contribution in [2.24, 2.45) is 0 Å². The molecule has 0 saturated carbocycles. The Kier molecular flexibility index (Phi) is 8.21. The van der Waals surface area contributed by atoms with Gasteiger partial charge in [0.2, 0.25) is 0 Å². The largest absolute Gasteiger partial charge is 0.458 e. The predicted octanol–water partition coefficient (Wildman–Crippen LogP) is 16.4. The fourth-order valence-electron chi connectivity index (χ4n) is 11.2. The first-order valence-electron chi connectivity index (χ1n) is 24.1. The van der Waals surface area contributed by atoms with Crippen LogP contribution in [-0.4, -0.2) is 14.1 Å². The second-order valence-electron chi connectivity index (χ2n) is 19.7. The van der Waals surface area contributed by atoms with E-state index in [2.05, 4.69) is 211 Å². The van der Waals surface area contributed by atoms with Crippen LogP contribution in [0.15, 0.2) is 209 Å². The molecule has 5 aromatic heterocycles. The number of ether oxygens (including phenoxy) is 1. The number of imidazole rings is 1. The highest BCUT2D eigenvalue weighted by Gasteiger charge is 2.28. The van der Waals surface area contributed by atoms with Gasteiger partial charge in [0, 0.05) is 44.6 Å². The molecule has 0 unspecified atom stereocenters. The molecule has 6 heterocycles. The SMILES string of the molecule is CC(C)(C)c1ccnc(-n2c3ccccc3c3ccc(Oc4cccc(-n5[c-][n+]6c7c(cccc75)-c5ccccc5-c5cc7oc8ccccc8c7cc5-c5ccc7oc8ccccc8c7c5-6)c4)cc32)c1. The van der Waals surface area contributed by atoms with Crippen molar-refractivity contribution in [1.29, 1.82) is 0 Å². The van der Waals surface area contributed by atoms with Gasteiger partial charge < -0.3 is 13.6 Å². The molecule has 0 atom stereocenters. The predicted molar refractivity (Wildman–Crippen MR) is 285 cm³/mol. The third-order valence-corrected chi connectivity index (χ3v) is 14.5. The van der Waals surface area contributed by atoms with Gasteiger partial charge in [-0.25, -0.2) is 4.98 Å². The molecule has 15 rings (SSSR count). The topological polar surface area (TPSA) is 62.1 Å². The van der Waals surface area contributed by atoms with E-state index in [1.807, 2.05) is 30.5 Å². The number of para-hydroxylation sites is 4. The zero-order chi connectivity index (χ0) is 47.1. The van der Waals surface area contributed by atoms with Gasteiger partial charge in [-0.2, -0.15) is 0 Å². The lowest BCUT2D eigenvalue weighted by atomic mass is 9.88. The quantitative estimate of drug-likeness (QED) is 0.130. The molecule has 7 nitrogen and oxygen atoms in total. The second kappa shape index (κ2) is 14.7. The molecule has 336 valence electrons. The lowest BCUT2D eigenvalue weighted by Crippen LogP contribution is -2.31. The number of benzene rings is 9. The van der Waals surface area contributed by atoms with Gasteiger partial charge in [0.1, 0.15) is 39.6 Å². The molecule has 71 heavy (non-hydrogen) atoms. The standard InChI is InChI=1S/C64H42N4O3/c1-64(2,3)38-30-31-65-60(32-38)68-53-22-9-6-18-44(53)45-27-26-41(34-55(45)68)69-40-15-12-14-39(33-40)66-37-67-62-47(21-13-23-54(62)66)42-16-4-5-17-43(42)51-36-59-52(46-19-7-10-24-56(46)71-59)35-50(51)48-28-29-58-61(63(48)67)49-20-8-11-25-57(49)70-58/h4-36H,1-3H3. The van der Waals surface area contributed by atoms with E-state index < -0.39 is 0 Å². The number of hydrogen-bond donors (Lipinski definition) is 0. The maximum atomic E-state index is 6.86. The molecule has 0 saturated heterocycles. The van der Waals surface area contributed by atoms with Crippen LogP contribution in [0.4, 0.5) is 0 Å². The van der Waals surface area contributed by atoms with Crippen LogP contribution in [0.5, 0.6) is 11.5 Å². The first-order chi connectivity index (χ1) is 34.8. The Labute approximate surface area is 407 Å². The van der Waals surface area contributed by atoms with Gasteiger partial charge in [-0.05, 0) is 123 Å². The Balaban J connectivity index is 0.945. The summed E-state index contributed by atoms with van der Waals surface area (Å²) in [4.78, 5) is 4.91. The molecule has 0 fully saturated rings. The number of nitrogens with zero attached hydrogens (tertiary/aromatic N) is 4. The minimum atomic E-state index is -0.0307. The molecule has 0 radical (unpaired) electrons. The number of furan rings is 2. The van der Waals surface area contributed by atoms with E-state index in [9.17, 15) is 0 Å². The molecule has 0 N–H and O–H groups in total. The highest BCUT2D eigenvalue weighted by atomic mass is 16.5. The first-order valence-corrected chi connectivity index (χ1v) is 24.1. The van der Waals surface area contributed by atoms with Gasteiger partial charge in [0.05, 0.1) is 33.4 Å². The average molecular weight is 915 g/mol. The number of fused-ring (bicyclic) bond motifs is 17. The van der Waals surface area contributed by atoms with Crippen LogP contribution in [0, 0.1) is 6.33 Å². The van der Waals surface area contributed by atoms with Gasteiger partial charge >= 0.3 is 0 Å². The van der Waals surface area contributed by atoms with Crippen molar-refractivity contribution < 1.29 is 18.1 Å². The Morgan fingerprint density at radius 1 is 0.479 bits per heavy atom. The van der Waals surface area contributed by atoms with Gasteiger partial charge in [0.15, 0.2) is 0 Å². The smallest absolute Gasteiger partial charge is 0.269 e. The van der Waals surface area contributed by atoms with Crippen molar-refractivity contribution in [2.45, 2.75) is 26.2 Å². The summed E-state index contributed by atoms with van der Waals surface area (Å²) in [5.41, 5.74) is 17.1. The molecule has 1 aliphatic heterocycles. The average Bonchev–Trinajstić information content (AvgIpc) is 4.17. The third-order valence-electron chi connectivity index (χ3n) is 14.5. The zero-order valence-corrected chi connectivity index (χ0v) is 39.1. The van der Waals surface area contributed by atoms with Gasteiger partial charge in [0.25, 0.3) is 6.33 Å². The summed E-state index contributed by atoms with van der Waals surface area (Å²) < 4.78 is 26.8. The molecule has 0 aliphatic carbocycles. The molecule has 14 aromatic rings. The molecule has 0 bridgehead atoms. The van der Waals surface area contributed by atoms with E-state index >= 15 is 0 Å². The Morgan fingerprint density at radius 2 is 1.15 bits per heavy atom. The number of rotatable bonds is 4. The zero-order valence-electron chi connectivity index (χ0n) is 39.1. The van der Waals surface area contributed by atoms with Crippen molar-refractivity contribution in [2.75, 3.05) is 0 Å². The van der Waals surface area contributed by atoms with Gasteiger partial charge in [-0.3, -0.25) is 13.7 Å². The fourth-order valence-corrected chi connectivity index (χ4v) is 11.2. The number of hydrogen-bond acceptors (Lipinski definition) is 4. The summed E-state index contributed by atoms with van der Waals surface area (Å²) in [6, 6.07) is 68.4. The minimum absolute atomic E-state index is 0.0307. The highest BCUT2D eigenvalue weighted by Crippen LogP contribution is 2.48. The van der Waals surface area contributed by atoms with E-state index in [4.69, 9.17) is 18.6 Å². The van der Waals surface area contributed by atoms with Crippen molar-refractivity contribution >= 4 is 76.7 Å². The van der Waals surface area contributed by atoms with Crippen LogP contribution in [0.1, 0.15) is 26.3 Å². The van der Waals surface area contributed by atoms with E-state index in [0.29, 0.717) is 5.75 Å². The molecular weight excluding hydrogens is 873 g/mol. The Hall–Kier alpha value is -9.20. The van der Waals surface area contributed by atoms with E-state index in [1.165, 1.54) is 5.56 Å². The van der Waals surface area contributed by atoms with E-state index in [-0.39, 0.29) is 5.41 Å². The second-order valence-corrected chi connectivity index (χ2v) is 19.7. The third kappa shape index (κ3) is 5.90. The minimum Gasteiger partial charge on any atom is -0.458 e. The summed E-state index contributed by atoms with van der Waals surface area (Å²) in [7, 11) is 0. The summed E-state index contributed by atoms with van der Waals surface area (Å²) in [6.07, 6.45) is 5.86. The van der Waals surface area contributed by atoms with E-state index in [0.717, 1.165) is 133 Å². The fraction of sp³-hybridized carbons (Fsp3) is 0.0625. The van der Waals surface area contributed by atoms with Crippen LogP contribution < -0.4 is 9.30 Å². The van der Waals surface area contributed by atoms with Crippen molar-refractivity contribution in [3.05, 3.63) is 212 Å². The van der Waals surface area contributed by atoms with Crippen LogP contribution >= 0.6 is 0 Å². The van der Waals surface area contributed by atoms with Crippen LogP contribution in [-0.2, 0) is 5.41 Å². The van der Waals surface area contributed by atoms with Crippen molar-refractivity contribution in [3.63, 3.8) is 0 Å². The van der Waals surface area contributed by atoms with Gasteiger partial charge in [-0.15, -0.1) is 0 Å². The monoisotopic (exact) mass is 914 g/mol. The lowest BCUT2D eigenvalue weighted by molar-refractivity contribution is -0.569. The Bertz CT molecular complexity index is 4560. The summed E-state index contributed by atoms with van der Waals surface area (Å²) in [6.45, 7) is 6.71. The van der Waals surface area contributed by atoms with Crippen LogP contribution in [0.25, 0.3) is 127 Å². The molecule has 9 aromatic carbocycles. The van der Waals surface area contributed by atoms with E-state index in [1.54, 1.807) is 0 Å². The number of aromatic nitrogens is 4. The van der Waals surface area contributed by atoms with Crippen molar-refractivity contribution in [3.8, 4) is 62.1 Å². The maximum absolute atomic E-state index is 6.86. The maximum Gasteiger partial charge on any atom is 0.269 e. The van der Waals surface area contributed by atoms with Gasteiger partial charge in [-0.1, -0.05) is 130 Å². The Morgan fingerprint density at radius 3 is 2.01 bits per heavy atom. The van der Waals surface area contributed by atoms with Crippen molar-refractivity contribution in [1.82, 2.24) is 14.1 Å². The van der Waals surface area contributed by atoms with Crippen LogP contribution in [0.2, 0.25) is 0 Å². The lowest BCUT2D eigenvalue weighted by Gasteiger charge is -2.20. The summed E-state index contributed by atoms with van der Waals surface area (Å²) >= 11 is 0. The molecule has 0 spiro atoms. The molecular formula is C64H42N4O3. The number of pyridine rings is 1. The van der Waals surface area contributed by atoms with Crippen LogP contribution in [0.3, 0.4) is 0 Å². The molecule has 0 amide bonds. The first kappa shape index (κ1) is 39.8.